The standard InChI is InChI=1S/C9H18FNO2/c1-7(9(2,3)4)11-8(12)13-6-5-10/h7H,5-6H2,1-4H3,(H,11,12). The number of halogens is 1. The predicted octanol–water partition coefficient (Wildman–Crippen LogP) is 2.12. The summed E-state index contributed by atoms with van der Waals surface area (Å²) in [4.78, 5) is 11.0. The number of alkyl halides is 1. The van der Waals surface area contributed by atoms with E-state index in [4.69, 9.17) is 0 Å². The van der Waals surface area contributed by atoms with Crippen LogP contribution in [0.1, 0.15) is 27.7 Å². The fourth-order valence-electron chi connectivity index (χ4n) is 0.566. The Hall–Kier alpha value is -0.800. The van der Waals surface area contributed by atoms with Gasteiger partial charge >= 0.3 is 6.09 Å². The molecule has 0 saturated carbocycles. The van der Waals surface area contributed by atoms with Gasteiger partial charge in [0.15, 0.2) is 0 Å². The van der Waals surface area contributed by atoms with Gasteiger partial charge in [0.2, 0.25) is 0 Å². The Morgan fingerprint density at radius 2 is 2.08 bits per heavy atom. The third kappa shape index (κ3) is 5.44. The van der Waals surface area contributed by atoms with Gasteiger partial charge in [-0.3, -0.25) is 0 Å². The molecule has 1 unspecified atom stereocenters. The predicted molar refractivity (Wildman–Crippen MR) is 49.4 cm³/mol. The lowest BCUT2D eigenvalue weighted by Gasteiger charge is -2.27. The van der Waals surface area contributed by atoms with Crippen molar-refractivity contribution in [2.24, 2.45) is 5.41 Å². The third-order valence-corrected chi connectivity index (χ3v) is 1.94. The summed E-state index contributed by atoms with van der Waals surface area (Å²) in [5.41, 5.74) is -0.0191. The number of hydrogen-bond acceptors (Lipinski definition) is 2. The minimum atomic E-state index is -0.642. The fourth-order valence-corrected chi connectivity index (χ4v) is 0.566. The van der Waals surface area contributed by atoms with Gasteiger partial charge in [0.1, 0.15) is 13.3 Å². The summed E-state index contributed by atoms with van der Waals surface area (Å²) < 4.78 is 16.2. The summed E-state index contributed by atoms with van der Waals surface area (Å²) >= 11 is 0. The van der Waals surface area contributed by atoms with Gasteiger partial charge in [-0.25, -0.2) is 9.18 Å². The van der Waals surface area contributed by atoms with E-state index in [9.17, 15) is 9.18 Å². The molecule has 0 bridgehead atoms. The molecule has 0 radical (unpaired) electrons. The maximum atomic E-state index is 11.6. The average molecular weight is 191 g/mol. The van der Waals surface area contributed by atoms with Crippen LogP contribution in [-0.2, 0) is 4.74 Å². The molecule has 4 heteroatoms. The van der Waals surface area contributed by atoms with Crippen LogP contribution in [0.2, 0.25) is 0 Å². The smallest absolute Gasteiger partial charge is 0.407 e. The summed E-state index contributed by atoms with van der Waals surface area (Å²) in [6, 6.07) is -0.000360. The van der Waals surface area contributed by atoms with Gasteiger partial charge in [-0.15, -0.1) is 0 Å². The number of ether oxygens (including phenoxy) is 1. The van der Waals surface area contributed by atoms with Crippen molar-refractivity contribution < 1.29 is 13.9 Å². The second kappa shape index (κ2) is 5.04. The molecule has 1 N–H and O–H groups in total. The number of carbonyl (C=O) groups is 1. The number of carbonyl (C=O) groups excluding carboxylic acids is 1. The van der Waals surface area contributed by atoms with Crippen LogP contribution in [0.3, 0.4) is 0 Å². The van der Waals surface area contributed by atoms with E-state index in [0.29, 0.717) is 0 Å². The molecule has 3 nitrogen and oxygen atoms in total. The molecule has 0 spiro atoms. The minimum Gasteiger partial charge on any atom is -0.447 e. The molecule has 0 aromatic carbocycles. The van der Waals surface area contributed by atoms with Crippen molar-refractivity contribution in [3.8, 4) is 0 Å². The number of nitrogens with one attached hydrogen (secondary N) is 1. The van der Waals surface area contributed by atoms with Crippen LogP contribution in [0.15, 0.2) is 0 Å². The second-order valence-electron chi connectivity index (χ2n) is 4.06. The van der Waals surface area contributed by atoms with Gasteiger partial charge in [-0.2, -0.15) is 0 Å². The number of rotatable bonds is 3. The zero-order valence-electron chi connectivity index (χ0n) is 8.69. The highest BCUT2D eigenvalue weighted by molar-refractivity contribution is 5.67. The van der Waals surface area contributed by atoms with E-state index >= 15 is 0 Å². The van der Waals surface area contributed by atoms with Gasteiger partial charge in [-0.1, -0.05) is 20.8 Å². The van der Waals surface area contributed by atoms with Gasteiger partial charge in [-0.05, 0) is 12.3 Å². The third-order valence-electron chi connectivity index (χ3n) is 1.94. The van der Waals surface area contributed by atoms with Crippen molar-refractivity contribution in [3.05, 3.63) is 0 Å². The first kappa shape index (κ1) is 12.2. The molecular weight excluding hydrogens is 173 g/mol. The molecule has 0 heterocycles. The largest absolute Gasteiger partial charge is 0.447 e. The Morgan fingerprint density at radius 1 is 1.54 bits per heavy atom. The Morgan fingerprint density at radius 3 is 2.46 bits per heavy atom. The molecule has 1 amide bonds. The fraction of sp³-hybridized carbons (Fsp3) is 0.889. The summed E-state index contributed by atoms with van der Waals surface area (Å²) in [5.74, 6) is 0. The van der Waals surface area contributed by atoms with Gasteiger partial charge < -0.3 is 10.1 Å². The van der Waals surface area contributed by atoms with Crippen molar-refractivity contribution in [2.75, 3.05) is 13.3 Å². The second-order valence-corrected chi connectivity index (χ2v) is 4.06. The number of hydrogen-bond donors (Lipinski definition) is 1. The topological polar surface area (TPSA) is 38.3 Å². The van der Waals surface area contributed by atoms with Crippen LogP contribution in [0.5, 0.6) is 0 Å². The summed E-state index contributed by atoms with van der Waals surface area (Å²) in [5, 5.41) is 2.63. The molecule has 0 aromatic heterocycles. The van der Waals surface area contributed by atoms with Crippen molar-refractivity contribution >= 4 is 6.09 Å². The lowest BCUT2D eigenvalue weighted by atomic mass is 9.88. The van der Waals surface area contributed by atoms with E-state index in [1.54, 1.807) is 0 Å². The maximum absolute atomic E-state index is 11.6. The van der Waals surface area contributed by atoms with Gasteiger partial charge in [0.25, 0.3) is 0 Å². The van der Waals surface area contributed by atoms with E-state index < -0.39 is 12.8 Å². The zero-order valence-corrected chi connectivity index (χ0v) is 8.69. The highest BCUT2D eigenvalue weighted by Gasteiger charge is 2.21. The number of amides is 1. The molecular formula is C9H18FNO2. The normalized spacial score (nSPS) is 13.6. The maximum Gasteiger partial charge on any atom is 0.407 e. The molecule has 1 atom stereocenters. The molecule has 0 aliphatic carbocycles. The highest BCUT2D eigenvalue weighted by Crippen LogP contribution is 2.18. The van der Waals surface area contributed by atoms with Crippen LogP contribution in [0, 0.1) is 5.41 Å². The highest BCUT2D eigenvalue weighted by atomic mass is 19.1. The zero-order chi connectivity index (χ0) is 10.5. The van der Waals surface area contributed by atoms with Gasteiger partial charge in [0, 0.05) is 6.04 Å². The van der Waals surface area contributed by atoms with Crippen LogP contribution < -0.4 is 5.32 Å². The van der Waals surface area contributed by atoms with E-state index in [1.165, 1.54) is 0 Å². The Bertz CT molecular complexity index is 165. The minimum absolute atomic E-state index is 0.000360. The Labute approximate surface area is 78.6 Å². The van der Waals surface area contributed by atoms with Crippen LogP contribution in [0.4, 0.5) is 9.18 Å². The van der Waals surface area contributed by atoms with Crippen molar-refractivity contribution in [3.63, 3.8) is 0 Å². The van der Waals surface area contributed by atoms with Crippen molar-refractivity contribution in [1.82, 2.24) is 5.32 Å². The molecule has 0 rings (SSSR count). The van der Waals surface area contributed by atoms with Crippen molar-refractivity contribution in [2.45, 2.75) is 33.7 Å². The SMILES string of the molecule is CC(NC(=O)OCCF)C(C)(C)C. The van der Waals surface area contributed by atoms with E-state index in [1.807, 2.05) is 27.7 Å². The molecule has 0 aliphatic heterocycles. The lowest BCUT2D eigenvalue weighted by molar-refractivity contribution is 0.127. The quantitative estimate of drug-likeness (QED) is 0.742. The van der Waals surface area contributed by atoms with E-state index in [0.717, 1.165) is 0 Å². The number of alkyl carbamates (subject to hydrolysis) is 1. The van der Waals surface area contributed by atoms with E-state index in [2.05, 4.69) is 10.1 Å². The molecule has 78 valence electrons. The first-order valence-corrected chi connectivity index (χ1v) is 4.37. The first-order valence-electron chi connectivity index (χ1n) is 4.37. The summed E-state index contributed by atoms with van der Waals surface area (Å²) in [7, 11) is 0. The Kier molecular flexibility index (Phi) is 4.73. The molecule has 0 saturated heterocycles. The summed E-state index contributed by atoms with van der Waals surface area (Å²) in [6.07, 6.45) is -0.555. The average Bonchev–Trinajstić information content (AvgIpc) is 1.99. The van der Waals surface area contributed by atoms with Crippen molar-refractivity contribution in [1.29, 1.82) is 0 Å². The van der Waals surface area contributed by atoms with Crippen LogP contribution >= 0.6 is 0 Å². The summed E-state index contributed by atoms with van der Waals surface area (Å²) in [6.45, 7) is 7.09. The van der Waals surface area contributed by atoms with Gasteiger partial charge in [0.05, 0.1) is 0 Å². The monoisotopic (exact) mass is 191 g/mol. The lowest BCUT2D eigenvalue weighted by Crippen LogP contribution is -2.41. The molecule has 0 aliphatic rings. The molecule has 13 heavy (non-hydrogen) atoms. The van der Waals surface area contributed by atoms with E-state index in [-0.39, 0.29) is 18.1 Å². The van der Waals surface area contributed by atoms with Crippen LogP contribution in [-0.4, -0.2) is 25.4 Å². The Balaban J connectivity index is 3.79. The van der Waals surface area contributed by atoms with Crippen LogP contribution in [0.25, 0.3) is 0 Å². The molecule has 0 aromatic rings. The molecule has 0 fully saturated rings. The first-order chi connectivity index (χ1) is 5.88.